The molecule has 0 aromatic heterocycles. The summed E-state index contributed by atoms with van der Waals surface area (Å²) in [5, 5.41) is 0. The van der Waals surface area contributed by atoms with Crippen molar-refractivity contribution in [3.63, 3.8) is 0 Å². The largest absolute Gasteiger partial charge is 0.330 e. The summed E-state index contributed by atoms with van der Waals surface area (Å²) in [4.78, 5) is 5.07. The van der Waals surface area contributed by atoms with Gasteiger partial charge in [-0.05, 0) is 65.1 Å². The van der Waals surface area contributed by atoms with Crippen LogP contribution in [0.15, 0.2) is 0 Å². The molecule has 0 unspecified atom stereocenters. The lowest BCUT2D eigenvalue weighted by Crippen LogP contribution is -2.30. The van der Waals surface area contributed by atoms with E-state index in [9.17, 15) is 0 Å². The van der Waals surface area contributed by atoms with Crippen LogP contribution in [0.25, 0.3) is 0 Å². The fourth-order valence-electron chi connectivity index (χ4n) is 2.14. The second kappa shape index (κ2) is 12.3. The van der Waals surface area contributed by atoms with Crippen molar-refractivity contribution in [2.24, 2.45) is 5.73 Å². The summed E-state index contributed by atoms with van der Waals surface area (Å²) in [7, 11) is 0. The summed E-state index contributed by atoms with van der Waals surface area (Å²) in [5.74, 6) is 0. The molecule has 0 aliphatic heterocycles. The van der Waals surface area contributed by atoms with Crippen LogP contribution < -0.4 is 5.73 Å². The van der Waals surface area contributed by atoms with E-state index in [1.165, 1.54) is 65.0 Å². The molecule has 0 amide bonds. The molecule has 0 saturated carbocycles. The molecule has 0 bridgehead atoms. The van der Waals surface area contributed by atoms with E-state index >= 15 is 0 Å². The van der Waals surface area contributed by atoms with Gasteiger partial charge in [-0.15, -0.1) is 0 Å². The van der Waals surface area contributed by atoms with Crippen molar-refractivity contribution in [3.05, 3.63) is 0 Å². The third-order valence-electron chi connectivity index (χ3n) is 3.47. The zero-order chi connectivity index (χ0) is 12.9. The normalized spacial score (nSPS) is 11.6. The van der Waals surface area contributed by atoms with Crippen LogP contribution in [-0.4, -0.2) is 55.6 Å². The Morgan fingerprint density at radius 2 is 1.18 bits per heavy atom. The molecule has 0 saturated heterocycles. The van der Waals surface area contributed by atoms with E-state index in [0.717, 1.165) is 6.54 Å². The van der Waals surface area contributed by atoms with Crippen LogP contribution in [0.2, 0.25) is 0 Å². The summed E-state index contributed by atoms with van der Waals surface area (Å²) in [6, 6.07) is 0. The maximum Gasteiger partial charge on any atom is -0.000666 e. The predicted molar refractivity (Wildman–Crippen MR) is 77.4 cm³/mol. The SMILES string of the molecule is CCN(CC)CCCN(CC)CCCCCN. The first-order valence-electron chi connectivity index (χ1n) is 7.43. The highest BCUT2D eigenvalue weighted by atomic mass is 15.1. The highest BCUT2D eigenvalue weighted by molar-refractivity contribution is 4.59. The minimum Gasteiger partial charge on any atom is -0.330 e. The molecule has 0 aromatic rings. The molecule has 0 radical (unpaired) electrons. The first kappa shape index (κ1) is 16.9. The minimum atomic E-state index is 0.841. The summed E-state index contributed by atoms with van der Waals surface area (Å²) in [6.07, 6.45) is 5.06. The number of nitrogens with zero attached hydrogens (tertiary/aromatic N) is 2. The van der Waals surface area contributed by atoms with Crippen LogP contribution in [0, 0.1) is 0 Å². The third-order valence-corrected chi connectivity index (χ3v) is 3.47. The van der Waals surface area contributed by atoms with Crippen LogP contribution in [0.5, 0.6) is 0 Å². The predicted octanol–water partition coefficient (Wildman–Crippen LogP) is 2.17. The van der Waals surface area contributed by atoms with Crippen molar-refractivity contribution in [1.82, 2.24) is 9.80 Å². The quantitative estimate of drug-likeness (QED) is 0.533. The van der Waals surface area contributed by atoms with Gasteiger partial charge < -0.3 is 15.5 Å². The summed E-state index contributed by atoms with van der Waals surface area (Å²) in [6.45, 7) is 14.9. The number of rotatable bonds is 12. The van der Waals surface area contributed by atoms with Gasteiger partial charge in [-0.1, -0.05) is 27.2 Å². The molecule has 0 rings (SSSR count). The Morgan fingerprint density at radius 1 is 0.647 bits per heavy atom. The Morgan fingerprint density at radius 3 is 1.71 bits per heavy atom. The van der Waals surface area contributed by atoms with Gasteiger partial charge in [0.25, 0.3) is 0 Å². The van der Waals surface area contributed by atoms with Gasteiger partial charge in [0.2, 0.25) is 0 Å². The van der Waals surface area contributed by atoms with E-state index < -0.39 is 0 Å². The number of nitrogens with two attached hydrogens (primary N) is 1. The van der Waals surface area contributed by atoms with Gasteiger partial charge in [-0.3, -0.25) is 0 Å². The monoisotopic (exact) mass is 243 g/mol. The molecule has 17 heavy (non-hydrogen) atoms. The van der Waals surface area contributed by atoms with Gasteiger partial charge in [0, 0.05) is 0 Å². The highest BCUT2D eigenvalue weighted by Crippen LogP contribution is 2.00. The Kier molecular flexibility index (Phi) is 12.3. The second-order valence-electron chi connectivity index (χ2n) is 4.66. The summed E-state index contributed by atoms with van der Waals surface area (Å²) < 4.78 is 0. The molecular formula is C14H33N3. The van der Waals surface area contributed by atoms with Gasteiger partial charge in [0.1, 0.15) is 0 Å². The average Bonchev–Trinajstić information content (AvgIpc) is 2.37. The van der Waals surface area contributed by atoms with Gasteiger partial charge >= 0.3 is 0 Å². The van der Waals surface area contributed by atoms with E-state index in [1.54, 1.807) is 0 Å². The van der Waals surface area contributed by atoms with Crippen molar-refractivity contribution in [2.75, 3.05) is 45.8 Å². The molecule has 0 aromatic carbocycles. The van der Waals surface area contributed by atoms with Gasteiger partial charge in [0.05, 0.1) is 0 Å². The van der Waals surface area contributed by atoms with E-state index in [1.807, 2.05) is 0 Å². The lowest BCUT2D eigenvalue weighted by molar-refractivity contribution is 0.240. The molecule has 0 aliphatic carbocycles. The molecule has 0 atom stereocenters. The Hall–Kier alpha value is -0.120. The van der Waals surface area contributed by atoms with Crippen LogP contribution in [0.1, 0.15) is 46.5 Å². The van der Waals surface area contributed by atoms with Crippen molar-refractivity contribution < 1.29 is 0 Å². The molecule has 3 heteroatoms. The maximum absolute atomic E-state index is 5.50. The lowest BCUT2D eigenvalue weighted by Gasteiger charge is -2.23. The summed E-state index contributed by atoms with van der Waals surface area (Å²) >= 11 is 0. The van der Waals surface area contributed by atoms with E-state index in [2.05, 4.69) is 30.6 Å². The number of hydrogen-bond donors (Lipinski definition) is 1. The number of hydrogen-bond acceptors (Lipinski definition) is 3. The molecule has 2 N–H and O–H groups in total. The highest BCUT2D eigenvalue weighted by Gasteiger charge is 2.03. The standard InChI is InChI=1S/C14H33N3/c1-4-16(5-2)13-10-14-17(6-3)12-9-7-8-11-15/h4-15H2,1-3H3. The fourth-order valence-corrected chi connectivity index (χ4v) is 2.14. The topological polar surface area (TPSA) is 32.5 Å². The molecule has 0 spiro atoms. The lowest BCUT2D eigenvalue weighted by atomic mass is 10.2. The molecule has 104 valence electrons. The average molecular weight is 243 g/mol. The van der Waals surface area contributed by atoms with Crippen LogP contribution in [-0.2, 0) is 0 Å². The van der Waals surface area contributed by atoms with E-state index in [0.29, 0.717) is 0 Å². The zero-order valence-electron chi connectivity index (χ0n) is 12.2. The minimum absolute atomic E-state index is 0.841. The smallest absolute Gasteiger partial charge is 0.000666 e. The Balaban J connectivity index is 3.53. The summed E-state index contributed by atoms with van der Waals surface area (Å²) in [5.41, 5.74) is 5.50. The first-order valence-corrected chi connectivity index (χ1v) is 7.43. The van der Waals surface area contributed by atoms with Crippen molar-refractivity contribution in [1.29, 1.82) is 0 Å². The van der Waals surface area contributed by atoms with Crippen LogP contribution >= 0.6 is 0 Å². The van der Waals surface area contributed by atoms with Gasteiger partial charge in [-0.2, -0.15) is 0 Å². The first-order chi connectivity index (χ1) is 8.28. The van der Waals surface area contributed by atoms with Gasteiger partial charge in [-0.25, -0.2) is 0 Å². The van der Waals surface area contributed by atoms with Crippen LogP contribution in [0.3, 0.4) is 0 Å². The van der Waals surface area contributed by atoms with E-state index in [4.69, 9.17) is 5.73 Å². The maximum atomic E-state index is 5.50. The zero-order valence-corrected chi connectivity index (χ0v) is 12.2. The Bertz CT molecular complexity index is 146. The molecule has 0 aliphatic rings. The van der Waals surface area contributed by atoms with Gasteiger partial charge in [0.15, 0.2) is 0 Å². The third kappa shape index (κ3) is 9.57. The van der Waals surface area contributed by atoms with Crippen molar-refractivity contribution >= 4 is 0 Å². The van der Waals surface area contributed by atoms with Crippen molar-refractivity contribution in [3.8, 4) is 0 Å². The molecular weight excluding hydrogens is 210 g/mol. The van der Waals surface area contributed by atoms with Crippen molar-refractivity contribution in [2.45, 2.75) is 46.5 Å². The molecule has 3 nitrogen and oxygen atoms in total. The Labute approximate surface area is 108 Å². The van der Waals surface area contributed by atoms with Crippen LogP contribution in [0.4, 0.5) is 0 Å². The number of unbranched alkanes of at least 4 members (excludes halogenated alkanes) is 2. The second-order valence-corrected chi connectivity index (χ2v) is 4.66. The van der Waals surface area contributed by atoms with E-state index in [-0.39, 0.29) is 0 Å². The fraction of sp³-hybridized carbons (Fsp3) is 1.00. The molecule has 0 heterocycles. The molecule has 0 fully saturated rings.